The molecule has 5 nitrogen and oxygen atoms in total. The molecule has 70 valence electrons. The second kappa shape index (κ2) is 5.51. The Balaban J connectivity index is 3.85. The molecule has 0 radical (unpaired) electrons. The van der Waals surface area contributed by atoms with Gasteiger partial charge in [-0.2, -0.15) is 0 Å². The topological polar surface area (TPSA) is 69.4 Å². The summed E-state index contributed by atoms with van der Waals surface area (Å²) < 4.78 is 4.58. The van der Waals surface area contributed by atoms with E-state index in [9.17, 15) is 14.9 Å². The third kappa shape index (κ3) is 3.90. The van der Waals surface area contributed by atoms with Crippen LogP contribution in [0.3, 0.4) is 0 Å². The Morgan fingerprint density at radius 3 is 2.50 bits per heavy atom. The van der Waals surface area contributed by atoms with E-state index >= 15 is 0 Å². The number of esters is 1. The molecular formula is C7H13NO4. The van der Waals surface area contributed by atoms with Gasteiger partial charge in [0.25, 0.3) is 0 Å². The molecule has 5 heteroatoms. The van der Waals surface area contributed by atoms with E-state index in [1.807, 2.05) is 0 Å². The molecule has 0 saturated heterocycles. The van der Waals surface area contributed by atoms with Gasteiger partial charge in [-0.3, -0.25) is 14.9 Å². The van der Waals surface area contributed by atoms with Crippen LogP contribution in [0.1, 0.15) is 26.7 Å². The van der Waals surface area contributed by atoms with Gasteiger partial charge >= 0.3 is 5.97 Å². The lowest BCUT2D eigenvalue weighted by molar-refractivity contribution is -0.522. The fraction of sp³-hybridized carbons (Fsp3) is 0.857. The van der Waals surface area contributed by atoms with Crippen molar-refractivity contribution in [1.82, 2.24) is 0 Å². The van der Waals surface area contributed by atoms with E-state index in [-0.39, 0.29) is 13.0 Å². The van der Waals surface area contributed by atoms with Crippen LogP contribution in [0.2, 0.25) is 0 Å². The standard InChI is InChI=1S/C7H13NO4/c1-3-6(8(10)11)5-7(9)12-4-2/h6H,3-5H2,1-2H3. The summed E-state index contributed by atoms with van der Waals surface area (Å²) >= 11 is 0. The third-order valence-electron chi connectivity index (χ3n) is 1.48. The van der Waals surface area contributed by atoms with Crippen LogP contribution in [-0.4, -0.2) is 23.5 Å². The highest BCUT2D eigenvalue weighted by atomic mass is 16.6. The van der Waals surface area contributed by atoms with Crippen LogP contribution in [0.5, 0.6) is 0 Å². The fourth-order valence-corrected chi connectivity index (χ4v) is 0.780. The summed E-state index contributed by atoms with van der Waals surface area (Å²) in [6.07, 6.45) is 0.225. The van der Waals surface area contributed by atoms with E-state index in [2.05, 4.69) is 4.74 Å². The molecule has 0 aliphatic rings. The van der Waals surface area contributed by atoms with E-state index < -0.39 is 16.9 Å². The average Bonchev–Trinajstić information content (AvgIpc) is 2.00. The summed E-state index contributed by atoms with van der Waals surface area (Å²) in [6.45, 7) is 3.62. The fourth-order valence-electron chi connectivity index (χ4n) is 0.780. The predicted molar refractivity (Wildman–Crippen MR) is 42.3 cm³/mol. The van der Waals surface area contributed by atoms with Crippen molar-refractivity contribution in [3.05, 3.63) is 10.1 Å². The van der Waals surface area contributed by atoms with Gasteiger partial charge in [-0.15, -0.1) is 0 Å². The first-order valence-electron chi connectivity index (χ1n) is 3.90. The quantitative estimate of drug-likeness (QED) is 0.355. The molecular weight excluding hydrogens is 162 g/mol. The zero-order chi connectivity index (χ0) is 9.56. The van der Waals surface area contributed by atoms with Gasteiger partial charge in [-0.1, -0.05) is 6.92 Å². The first kappa shape index (κ1) is 10.9. The van der Waals surface area contributed by atoms with Gasteiger partial charge in [0.15, 0.2) is 0 Å². The van der Waals surface area contributed by atoms with Gasteiger partial charge in [0.2, 0.25) is 6.04 Å². The molecule has 0 aromatic heterocycles. The van der Waals surface area contributed by atoms with Crippen molar-refractivity contribution in [1.29, 1.82) is 0 Å². The highest BCUT2D eigenvalue weighted by Gasteiger charge is 2.22. The Kier molecular flexibility index (Phi) is 4.99. The van der Waals surface area contributed by atoms with Crippen molar-refractivity contribution in [2.45, 2.75) is 32.7 Å². The van der Waals surface area contributed by atoms with Crippen LogP contribution in [0.25, 0.3) is 0 Å². The summed E-state index contributed by atoms with van der Waals surface area (Å²) in [5.41, 5.74) is 0. The molecule has 0 aliphatic carbocycles. The zero-order valence-electron chi connectivity index (χ0n) is 7.28. The molecule has 0 aliphatic heterocycles. The normalized spacial score (nSPS) is 12.2. The Hall–Kier alpha value is -1.13. The SMILES string of the molecule is CCOC(=O)CC(CC)[N+](=O)[O-]. The minimum Gasteiger partial charge on any atom is -0.466 e. The van der Waals surface area contributed by atoms with E-state index in [1.54, 1.807) is 13.8 Å². The molecule has 0 heterocycles. The summed E-state index contributed by atoms with van der Waals surface area (Å²) in [6, 6.07) is -0.802. The Morgan fingerprint density at radius 2 is 2.17 bits per heavy atom. The predicted octanol–water partition coefficient (Wildman–Crippen LogP) is 0.995. The maximum Gasteiger partial charge on any atom is 0.312 e. The smallest absolute Gasteiger partial charge is 0.312 e. The van der Waals surface area contributed by atoms with Crippen molar-refractivity contribution >= 4 is 5.97 Å². The lowest BCUT2D eigenvalue weighted by Crippen LogP contribution is -2.23. The molecule has 0 rings (SSSR count). The second-order valence-electron chi connectivity index (χ2n) is 2.36. The average molecular weight is 175 g/mol. The Bertz CT molecular complexity index is 169. The maximum absolute atomic E-state index is 10.8. The highest BCUT2D eigenvalue weighted by molar-refractivity contribution is 5.69. The van der Waals surface area contributed by atoms with Gasteiger partial charge in [0.05, 0.1) is 6.61 Å². The minimum absolute atomic E-state index is 0.128. The Labute approximate surface area is 70.9 Å². The monoisotopic (exact) mass is 175 g/mol. The van der Waals surface area contributed by atoms with Gasteiger partial charge < -0.3 is 4.74 Å². The van der Waals surface area contributed by atoms with E-state index in [0.29, 0.717) is 6.42 Å². The van der Waals surface area contributed by atoms with Crippen LogP contribution >= 0.6 is 0 Å². The molecule has 0 aromatic carbocycles. The molecule has 0 bridgehead atoms. The first-order chi connectivity index (χ1) is 5.61. The lowest BCUT2D eigenvalue weighted by atomic mass is 10.2. The molecule has 1 atom stereocenters. The first-order valence-corrected chi connectivity index (χ1v) is 3.90. The Morgan fingerprint density at radius 1 is 1.58 bits per heavy atom. The van der Waals surface area contributed by atoms with Crippen molar-refractivity contribution in [2.75, 3.05) is 6.61 Å². The number of carbonyl (C=O) groups is 1. The number of carbonyl (C=O) groups excluding carboxylic acids is 1. The van der Waals surface area contributed by atoms with Crippen LogP contribution in [0.15, 0.2) is 0 Å². The number of ether oxygens (including phenoxy) is 1. The van der Waals surface area contributed by atoms with Crippen LogP contribution < -0.4 is 0 Å². The molecule has 0 amide bonds. The van der Waals surface area contributed by atoms with Crippen LogP contribution in [0.4, 0.5) is 0 Å². The van der Waals surface area contributed by atoms with Gasteiger partial charge in [-0.05, 0) is 6.92 Å². The number of nitro groups is 1. The van der Waals surface area contributed by atoms with E-state index in [0.717, 1.165) is 0 Å². The summed E-state index contributed by atoms with van der Waals surface area (Å²) in [5.74, 6) is -0.499. The third-order valence-corrected chi connectivity index (χ3v) is 1.48. The zero-order valence-corrected chi connectivity index (χ0v) is 7.28. The van der Waals surface area contributed by atoms with E-state index in [1.165, 1.54) is 0 Å². The van der Waals surface area contributed by atoms with Crippen LogP contribution in [0, 0.1) is 10.1 Å². The molecule has 0 fully saturated rings. The lowest BCUT2D eigenvalue weighted by Gasteiger charge is -2.05. The van der Waals surface area contributed by atoms with Gasteiger partial charge in [0, 0.05) is 11.3 Å². The highest BCUT2D eigenvalue weighted by Crippen LogP contribution is 2.03. The van der Waals surface area contributed by atoms with Crippen molar-refractivity contribution in [2.24, 2.45) is 0 Å². The number of hydrogen-bond donors (Lipinski definition) is 0. The van der Waals surface area contributed by atoms with Crippen molar-refractivity contribution < 1.29 is 14.5 Å². The molecule has 0 aromatic rings. The second-order valence-corrected chi connectivity index (χ2v) is 2.36. The van der Waals surface area contributed by atoms with Crippen molar-refractivity contribution in [3.8, 4) is 0 Å². The summed E-state index contributed by atoms with van der Waals surface area (Å²) in [5, 5.41) is 10.3. The van der Waals surface area contributed by atoms with Gasteiger partial charge in [-0.25, -0.2) is 0 Å². The minimum atomic E-state index is -0.802. The number of rotatable bonds is 5. The number of hydrogen-bond acceptors (Lipinski definition) is 4. The summed E-state index contributed by atoms with van der Waals surface area (Å²) in [4.78, 5) is 20.6. The molecule has 1 unspecified atom stereocenters. The molecule has 0 spiro atoms. The van der Waals surface area contributed by atoms with Crippen molar-refractivity contribution in [3.63, 3.8) is 0 Å². The molecule has 0 N–H and O–H groups in total. The van der Waals surface area contributed by atoms with E-state index in [4.69, 9.17) is 0 Å². The molecule has 12 heavy (non-hydrogen) atoms. The molecule has 0 saturated carbocycles. The van der Waals surface area contributed by atoms with Gasteiger partial charge in [0.1, 0.15) is 6.42 Å². The summed E-state index contributed by atoms with van der Waals surface area (Å²) in [7, 11) is 0. The maximum atomic E-state index is 10.8. The van der Waals surface area contributed by atoms with Crippen LogP contribution in [-0.2, 0) is 9.53 Å². The largest absolute Gasteiger partial charge is 0.466 e. The number of nitrogens with zero attached hydrogens (tertiary/aromatic N) is 1.